The third-order valence-corrected chi connectivity index (χ3v) is 3.47. The van der Waals surface area contributed by atoms with Crippen LogP contribution in [0.1, 0.15) is 54.7 Å². The zero-order chi connectivity index (χ0) is 11.4. The van der Waals surface area contributed by atoms with Crippen molar-refractivity contribution in [1.82, 2.24) is 0 Å². The van der Waals surface area contributed by atoms with Crippen molar-refractivity contribution in [2.75, 3.05) is 0 Å². The van der Waals surface area contributed by atoms with Crippen molar-refractivity contribution in [3.05, 3.63) is 34.9 Å². The molecular weight excluding hydrogens is 198 g/mol. The highest BCUT2D eigenvalue weighted by Crippen LogP contribution is 2.34. The van der Waals surface area contributed by atoms with Crippen LogP contribution in [0.5, 0.6) is 0 Å². The molecule has 1 aliphatic carbocycles. The second kappa shape index (κ2) is 5.14. The third kappa shape index (κ3) is 2.25. The molecule has 1 saturated carbocycles. The van der Waals surface area contributed by atoms with Crippen molar-refractivity contribution in [3.8, 4) is 6.07 Å². The van der Waals surface area contributed by atoms with Crippen LogP contribution >= 0.6 is 0 Å². The smallest absolute Gasteiger partial charge is 0.0994 e. The van der Waals surface area contributed by atoms with Crippen LogP contribution in [0.15, 0.2) is 18.2 Å². The second-order valence-corrected chi connectivity index (χ2v) is 4.53. The van der Waals surface area contributed by atoms with Crippen molar-refractivity contribution in [1.29, 1.82) is 5.26 Å². The fraction of sp³-hybridized carbons (Fsp3) is 0.500. The van der Waals surface area contributed by atoms with E-state index in [1.54, 1.807) is 0 Å². The van der Waals surface area contributed by atoms with E-state index >= 15 is 0 Å². The van der Waals surface area contributed by atoms with Gasteiger partial charge in [-0.25, -0.2) is 0 Å². The first kappa shape index (κ1) is 11.2. The van der Waals surface area contributed by atoms with Gasteiger partial charge in [0.25, 0.3) is 0 Å². The summed E-state index contributed by atoms with van der Waals surface area (Å²) in [5.74, 6) is 0.552. The predicted molar refractivity (Wildman–Crippen MR) is 62.9 cm³/mol. The first-order valence-electron chi connectivity index (χ1n) is 5.99. The molecule has 0 unspecified atom stereocenters. The summed E-state index contributed by atoms with van der Waals surface area (Å²) in [6, 6.07) is 8.04. The fourth-order valence-electron chi connectivity index (χ4n) is 2.57. The highest BCUT2D eigenvalue weighted by molar-refractivity contribution is 5.42. The summed E-state index contributed by atoms with van der Waals surface area (Å²) in [7, 11) is 0. The zero-order valence-corrected chi connectivity index (χ0v) is 9.45. The van der Waals surface area contributed by atoms with Gasteiger partial charge >= 0.3 is 0 Å². The molecule has 2 nitrogen and oxygen atoms in total. The van der Waals surface area contributed by atoms with Crippen LogP contribution in [-0.4, -0.2) is 5.11 Å². The molecular formula is C14H17NO. The molecule has 84 valence electrons. The molecule has 1 aromatic carbocycles. The molecule has 2 heteroatoms. The first-order valence-corrected chi connectivity index (χ1v) is 5.99. The molecule has 0 heterocycles. The summed E-state index contributed by atoms with van der Waals surface area (Å²) < 4.78 is 0. The van der Waals surface area contributed by atoms with Crippen molar-refractivity contribution in [2.45, 2.75) is 44.6 Å². The van der Waals surface area contributed by atoms with E-state index < -0.39 is 0 Å². The molecule has 0 aromatic heterocycles. The number of aliphatic hydroxyl groups excluding tert-OH is 1. The molecule has 0 saturated heterocycles. The Bertz CT molecular complexity index is 400. The van der Waals surface area contributed by atoms with Crippen LogP contribution in [0.25, 0.3) is 0 Å². The molecule has 1 aliphatic rings. The Morgan fingerprint density at radius 1 is 1.25 bits per heavy atom. The lowest BCUT2D eigenvalue weighted by atomic mass is 9.82. The Morgan fingerprint density at radius 2 is 2.00 bits per heavy atom. The fourth-order valence-corrected chi connectivity index (χ4v) is 2.57. The molecule has 16 heavy (non-hydrogen) atoms. The Balaban J connectivity index is 2.29. The standard InChI is InChI=1S/C14H17NO/c15-9-13-8-11(10-16)6-7-14(13)12-4-2-1-3-5-12/h6-8,12,16H,1-5,10H2. The lowest BCUT2D eigenvalue weighted by Crippen LogP contribution is -2.06. The van der Waals surface area contributed by atoms with Crippen LogP contribution in [0.4, 0.5) is 0 Å². The summed E-state index contributed by atoms with van der Waals surface area (Å²) in [4.78, 5) is 0. The van der Waals surface area contributed by atoms with E-state index in [2.05, 4.69) is 6.07 Å². The number of nitrogens with zero attached hydrogens (tertiary/aromatic N) is 1. The van der Waals surface area contributed by atoms with Gasteiger partial charge in [-0.15, -0.1) is 0 Å². The number of nitriles is 1. The van der Waals surface area contributed by atoms with Gasteiger partial charge in [0.2, 0.25) is 0 Å². The van der Waals surface area contributed by atoms with Gasteiger partial charge in [-0.1, -0.05) is 31.4 Å². The minimum Gasteiger partial charge on any atom is -0.392 e. The number of aliphatic hydroxyl groups is 1. The quantitative estimate of drug-likeness (QED) is 0.823. The molecule has 1 fully saturated rings. The molecule has 1 N–H and O–H groups in total. The van der Waals surface area contributed by atoms with Crippen molar-refractivity contribution in [2.24, 2.45) is 0 Å². The van der Waals surface area contributed by atoms with Crippen molar-refractivity contribution in [3.63, 3.8) is 0 Å². The summed E-state index contributed by atoms with van der Waals surface area (Å²) in [5, 5.41) is 18.2. The van der Waals surface area contributed by atoms with Crippen LogP contribution in [0.2, 0.25) is 0 Å². The molecule has 0 bridgehead atoms. The Labute approximate surface area is 96.5 Å². The Morgan fingerprint density at radius 3 is 2.62 bits per heavy atom. The average Bonchev–Trinajstić information content (AvgIpc) is 2.39. The number of hydrogen-bond donors (Lipinski definition) is 1. The lowest BCUT2D eigenvalue weighted by Gasteiger charge is -2.23. The van der Waals surface area contributed by atoms with Gasteiger partial charge in [-0.05, 0) is 36.0 Å². The van der Waals surface area contributed by atoms with E-state index in [0.29, 0.717) is 5.92 Å². The second-order valence-electron chi connectivity index (χ2n) is 4.53. The largest absolute Gasteiger partial charge is 0.392 e. The topological polar surface area (TPSA) is 44.0 Å². The molecule has 1 aromatic rings. The van der Waals surface area contributed by atoms with Gasteiger partial charge in [0.15, 0.2) is 0 Å². The van der Waals surface area contributed by atoms with E-state index in [4.69, 9.17) is 10.4 Å². The van der Waals surface area contributed by atoms with Crippen molar-refractivity contribution >= 4 is 0 Å². The minimum absolute atomic E-state index is 0.0135. The highest BCUT2D eigenvalue weighted by atomic mass is 16.3. The SMILES string of the molecule is N#Cc1cc(CO)ccc1C1CCCCC1. The maximum absolute atomic E-state index is 9.14. The molecule has 0 amide bonds. The molecule has 0 aliphatic heterocycles. The average molecular weight is 215 g/mol. The van der Waals surface area contributed by atoms with Gasteiger partial charge in [0.1, 0.15) is 0 Å². The lowest BCUT2D eigenvalue weighted by molar-refractivity contribution is 0.281. The molecule has 0 atom stereocenters. The van der Waals surface area contributed by atoms with E-state index in [9.17, 15) is 0 Å². The summed E-state index contributed by atoms with van der Waals surface area (Å²) in [5.41, 5.74) is 2.76. The van der Waals surface area contributed by atoms with E-state index in [-0.39, 0.29) is 6.61 Å². The summed E-state index contributed by atoms with van der Waals surface area (Å²) >= 11 is 0. The number of hydrogen-bond acceptors (Lipinski definition) is 2. The minimum atomic E-state index is 0.0135. The normalized spacial score (nSPS) is 17.0. The Hall–Kier alpha value is -1.33. The number of rotatable bonds is 2. The maximum Gasteiger partial charge on any atom is 0.0994 e. The third-order valence-electron chi connectivity index (χ3n) is 3.47. The maximum atomic E-state index is 9.14. The van der Waals surface area contributed by atoms with E-state index in [0.717, 1.165) is 11.1 Å². The first-order chi connectivity index (χ1) is 7.85. The van der Waals surface area contributed by atoms with Gasteiger partial charge in [0.05, 0.1) is 18.2 Å². The van der Waals surface area contributed by atoms with Crippen LogP contribution in [0.3, 0.4) is 0 Å². The molecule has 0 radical (unpaired) electrons. The number of benzene rings is 1. The van der Waals surface area contributed by atoms with Crippen LogP contribution < -0.4 is 0 Å². The summed E-state index contributed by atoms with van der Waals surface area (Å²) in [6.45, 7) is 0.0135. The van der Waals surface area contributed by atoms with Crippen LogP contribution in [0, 0.1) is 11.3 Å². The van der Waals surface area contributed by atoms with Crippen molar-refractivity contribution < 1.29 is 5.11 Å². The van der Waals surface area contributed by atoms with E-state index in [1.807, 2.05) is 18.2 Å². The predicted octanol–water partition coefficient (Wildman–Crippen LogP) is 3.10. The van der Waals surface area contributed by atoms with Gasteiger partial charge in [-0.2, -0.15) is 5.26 Å². The van der Waals surface area contributed by atoms with E-state index in [1.165, 1.54) is 37.7 Å². The van der Waals surface area contributed by atoms with Gasteiger partial charge in [0, 0.05) is 0 Å². The molecule has 2 rings (SSSR count). The Kier molecular flexibility index (Phi) is 3.58. The zero-order valence-electron chi connectivity index (χ0n) is 9.45. The van der Waals surface area contributed by atoms with Gasteiger partial charge in [-0.3, -0.25) is 0 Å². The monoisotopic (exact) mass is 215 g/mol. The van der Waals surface area contributed by atoms with Gasteiger partial charge < -0.3 is 5.11 Å². The highest BCUT2D eigenvalue weighted by Gasteiger charge is 2.18. The summed E-state index contributed by atoms with van der Waals surface area (Å²) in [6.07, 6.45) is 6.28. The molecule has 0 spiro atoms. The van der Waals surface area contributed by atoms with Crippen LogP contribution in [-0.2, 0) is 6.61 Å².